The summed E-state index contributed by atoms with van der Waals surface area (Å²) in [7, 11) is 0. The molecule has 3 rings (SSSR count). The molecule has 0 fully saturated rings. The van der Waals surface area contributed by atoms with Crippen LogP contribution in [0.4, 0.5) is 5.69 Å². The lowest BCUT2D eigenvalue weighted by atomic mass is 10.1. The van der Waals surface area contributed by atoms with Crippen molar-refractivity contribution in [3.63, 3.8) is 0 Å². The Labute approximate surface area is 114 Å². The second kappa shape index (κ2) is 4.74. The van der Waals surface area contributed by atoms with Gasteiger partial charge in [-0.2, -0.15) is 0 Å². The van der Waals surface area contributed by atoms with Crippen LogP contribution in [0.25, 0.3) is 10.9 Å². The van der Waals surface area contributed by atoms with Crippen LogP contribution >= 0.6 is 11.6 Å². The summed E-state index contributed by atoms with van der Waals surface area (Å²) in [5, 5.41) is 4.13. The Morgan fingerprint density at radius 3 is 2.95 bits per heavy atom. The minimum Gasteiger partial charge on any atom is -0.361 e. The maximum Gasteiger partial charge on any atom is 0.255 e. The third-order valence-electron chi connectivity index (χ3n) is 2.80. The number of H-pyrrole nitrogens is 1. The molecule has 0 aliphatic heterocycles. The number of benzene rings is 1. The van der Waals surface area contributed by atoms with E-state index in [1.54, 1.807) is 24.4 Å². The molecule has 0 aliphatic rings. The summed E-state index contributed by atoms with van der Waals surface area (Å²) in [5.74, 6) is -0.176. The number of pyridine rings is 1. The quantitative estimate of drug-likeness (QED) is 0.701. The van der Waals surface area contributed by atoms with Crippen molar-refractivity contribution in [1.82, 2.24) is 9.97 Å². The van der Waals surface area contributed by atoms with E-state index in [0.29, 0.717) is 16.4 Å². The molecule has 0 aliphatic carbocycles. The molecule has 2 aromatic heterocycles. The molecule has 0 atom stereocenters. The van der Waals surface area contributed by atoms with E-state index >= 15 is 0 Å². The van der Waals surface area contributed by atoms with Crippen LogP contribution in [0, 0.1) is 0 Å². The van der Waals surface area contributed by atoms with Gasteiger partial charge in [-0.25, -0.2) is 4.98 Å². The maximum atomic E-state index is 12.1. The number of hydrogen-bond donors (Lipinski definition) is 2. The number of carbonyl (C=O) groups excluding carboxylic acids is 1. The Morgan fingerprint density at radius 2 is 2.11 bits per heavy atom. The van der Waals surface area contributed by atoms with Gasteiger partial charge in [-0.1, -0.05) is 11.6 Å². The predicted octanol–water partition coefficient (Wildman–Crippen LogP) is 3.47. The van der Waals surface area contributed by atoms with Gasteiger partial charge < -0.3 is 10.3 Å². The highest BCUT2D eigenvalue weighted by Gasteiger charge is 2.07. The first kappa shape index (κ1) is 11.7. The lowest BCUT2D eigenvalue weighted by molar-refractivity contribution is 0.102. The van der Waals surface area contributed by atoms with Gasteiger partial charge in [0.1, 0.15) is 5.15 Å². The first-order valence-electron chi connectivity index (χ1n) is 5.72. The molecule has 0 saturated carbocycles. The molecular weight excluding hydrogens is 262 g/mol. The number of hydrogen-bond acceptors (Lipinski definition) is 2. The van der Waals surface area contributed by atoms with Crippen LogP contribution in [0.3, 0.4) is 0 Å². The third kappa shape index (κ3) is 2.44. The van der Waals surface area contributed by atoms with Crippen molar-refractivity contribution in [2.75, 3.05) is 5.32 Å². The zero-order valence-electron chi connectivity index (χ0n) is 9.85. The van der Waals surface area contributed by atoms with Crippen LogP contribution in [-0.2, 0) is 0 Å². The zero-order chi connectivity index (χ0) is 13.2. The molecule has 4 nitrogen and oxygen atoms in total. The zero-order valence-corrected chi connectivity index (χ0v) is 10.6. The normalized spacial score (nSPS) is 10.6. The molecule has 0 unspecified atom stereocenters. The highest BCUT2D eigenvalue weighted by atomic mass is 35.5. The van der Waals surface area contributed by atoms with Gasteiger partial charge >= 0.3 is 0 Å². The smallest absolute Gasteiger partial charge is 0.255 e. The summed E-state index contributed by atoms with van der Waals surface area (Å²) in [6.07, 6.45) is 3.39. The SMILES string of the molecule is O=C(Nc1ccnc(Cl)c1)c1ccc2[nH]ccc2c1. The molecule has 19 heavy (non-hydrogen) atoms. The number of aromatic nitrogens is 2. The fourth-order valence-electron chi connectivity index (χ4n) is 1.88. The van der Waals surface area contributed by atoms with E-state index in [4.69, 9.17) is 11.6 Å². The van der Waals surface area contributed by atoms with Gasteiger partial charge in [0.05, 0.1) is 0 Å². The molecule has 0 saturated heterocycles. The van der Waals surface area contributed by atoms with E-state index < -0.39 is 0 Å². The summed E-state index contributed by atoms with van der Waals surface area (Å²) in [5.41, 5.74) is 2.22. The fraction of sp³-hybridized carbons (Fsp3) is 0. The van der Waals surface area contributed by atoms with E-state index in [-0.39, 0.29) is 5.91 Å². The fourth-order valence-corrected chi connectivity index (χ4v) is 2.05. The Kier molecular flexibility index (Phi) is 2.93. The van der Waals surface area contributed by atoms with Gasteiger partial charge in [-0.3, -0.25) is 4.79 Å². The molecular formula is C14H10ClN3O. The molecule has 94 valence electrons. The molecule has 1 amide bonds. The number of nitrogens with one attached hydrogen (secondary N) is 2. The van der Waals surface area contributed by atoms with Crippen molar-refractivity contribution in [2.24, 2.45) is 0 Å². The van der Waals surface area contributed by atoms with Crippen molar-refractivity contribution in [3.05, 3.63) is 59.5 Å². The summed E-state index contributed by atoms with van der Waals surface area (Å²) in [6.45, 7) is 0. The Bertz CT molecular complexity index is 751. The number of rotatable bonds is 2. The Morgan fingerprint density at radius 1 is 1.21 bits per heavy atom. The summed E-state index contributed by atoms with van der Waals surface area (Å²) in [6, 6.07) is 10.7. The van der Waals surface area contributed by atoms with Gasteiger partial charge in [0, 0.05) is 34.5 Å². The molecule has 0 spiro atoms. The highest BCUT2D eigenvalue weighted by Crippen LogP contribution is 2.17. The van der Waals surface area contributed by atoms with Gasteiger partial charge in [-0.05, 0) is 36.4 Å². The van der Waals surface area contributed by atoms with E-state index in [1.807, 2.05) is 24.4 Å². The van der Waals surface area contributed by atoms with Crippen molar-refractivity contribution < 1.29 is 4.79 Å². The van der Waals surface area contributed by atoms with E-state index in [2.05, 4.69) is 15.3 Å². The number of halogens is 1. The minimum absolute atomic E-state index is 0.176. The van der Waals surface area contributed by atoms with Crippen LogP contribution in [0.1, 0.15) is 10.4 Å². The molecule has 0 radical (unpaired) electrons. The number of nitrogens with zero attached hydrogens (tertiary/aromatic N) is 1. The number of carbonyl (C=O) groups is 1. The van der Waals surface area contributed by atoms with Gasteiger partial charge in [-0.15, -0.1) is 0 Å². The largest absolute Gasteiger partial charge is 0.361 e. The van der Waals surface area contributed by atoms with Crippen LogP contribution < -0.4 is 5.32 Å². The topological polar surface area (TPSA) is 57.8 Å². The molecule has 1 aromatic carbocycles. The van der Waals surface area contributed by atoms with Crippen molar-refractivity contribution in [2.45, 2.75) is 0 Å². The lowest BCUT2D eigenvalue weighted by Crippen LogP contribution is -2.11. The number of amides is 1. The summed E-state index contributed by atoms with van der Waals surface area (Å²) in [4.78, 5) is 19.1. The Balaban J connectivity index is 1.87. The lowest BCUT2D eigenvalue weighted by Gasteiger charge is -2.05. The van der Waals surface area contributed by atoms with Gasteiger partial charge in [0.25, 0.3) is 5.91 Å². The van der Waals surface area contributed by atoms with Crippen molar-refractivity contribution in [1.29, 1.82) is 0 Å². The van der Waals surface area contributed by atoms with Crippen molar-refractivity contribution >= 4 is 34.1 Å². The first-order valence-corrected chi connectivity index (χ1v) is 6.10. The van der Waals surface area contributed by atoms with Gasteiger partial charge in [0.2, 0.25) is 0 Å². The average molecular weight is 272 g/mol. The van der Waals surface area contributed by atoms with Crippen molar-refractivity contribution in [3.8, 4) is 0 Å². The van der Waals surface area contributed by atoms with E-state index in [1.165, 1.54) is 0 Å². The van der Waals surface area contributed by atoms with E-state index in [9.17, 15) is 4.79 Å². The molecule has 2 heterocycles. The summed E-state index contributed by atoms with van der Waals surface area (Å²) >= 11 is 5.77. The van der Waals surface area contributed by atoms with Crippen LogP contribution in [0.2, 0.25) is 5.15 Å². The Hall–Kier alpha value is -2.33. The molecule has 0 bridgehead atoms. The number of aromatic amines is 1. The summed E-state index contributed by atoms with van der Waals surface area (Å²) < 4.78 is 0. The second-order valence-corrected chi connectivity index (χ2v) is 4.49. The average Bonchev–Trinajstić information content (AvgIpc) is 2.85. The number of fused-ring (bicyclic) bond motifs is 1. The molecule has 5 heteroatoms. The standard InChI is InChI=1S/C14H10ClN3O/c15-13-8-11(4-6-17-13)18-14(19)10-1-2-12-9(7-10)3-5-16-12/h1-8,16H,(H,17,18,19). The maximum absolute atomic E-state index is 12.1. The highest BCUT2D eigenvalue weighted by molar-refractivity contribution is 6.29. The van der Waals surface area contributed by atoms with Crippen LogP contribution in [0.5, 0.6) is 0 Å². The number of anilines is 1. The van der Waals surface area contributed by atoms with E-state index in [0.717, 1.165) is 10.9 Å². The molecule has 2 N–H and O–H groups in total. The van der Waals surface area contributed by atoms with Crippen LogP contribution in [-0.4, -0.2) is 15.9 Å². The van der Waals surface area contributed by atoms with Gasteiger partial charge in [0.15, 0.2) is 0 Å². The monoisotopic (exact) mass is 271 g/mol. The van der Waals surface area contributed by atoms with Crippen LogP contribution in [0.15, 0.2) is 48.8 Å². The second-order valence-electron chi connectivity index (χ2n) is 4.10. The first-order chi connectivity index (χ1) is 9.22. The predicted molar refractivity (Wildman–Crippen MR) is 75.5 cm³/mol. The molecule has 3 aromatic rings. The minimum atomic E-state index is -0.176. The third-order valence-corrected chi connectivity index (χ3v) is 3.01.